The molecule has 22 heavy (non-hydrogen) atoms. The highest BCUT2D eigenvalue weighted by atomic mass is 32.2. The van der Waals surface area contributed by atoms with Gasteiger partial charge in [0.1, 0.15) is 5.54 Å². The van der Waals surface area contributed by atoms with Gasteiger partial charge in [0.25, 0.3) is 5.91 Å². The molecule has 0 bridgehead atoms. The Morgan fingerprint density at radius 1 is 1.09 bits per heavy atom. The standard InChI is InChI=1S/C14H13F3N2O2S/c15-14(16,17)22-10-5-3-9(4-6-10)19-11(20)13(18-12(19)21)7-1-2-8-13/h3-6H,1-2,7-8H2,(H,18,21). The zero-order valence-corrected chi connectivity index (χ0v) is 12.3. The fourth-order valence-corrected chi connectivity index (χ4v) is 3.51. The van der Waals surface area contributed by atoms with Crippen molar-refractivity contribution in [1.29, 1.82) is 0 Å². The van der Waals surface area contributed by atoms with E-state index >= 15 is 0 Å². The van der Waals surface area contributed by atoms with Gasteiger partial charge in [0.05, 0.1) is 5.69 Å². The fourth-order valence-electron chi connectivity index (χ4n) is 2.97. The Morgan fingerprint density at radius 3 is 2.23 bits per heavy atom. The maximum absolute atomic E-state index is 12.5. The van der Waals surface area contributed by atoms with Gasteiger partial charge in [-0.05, 0) is 48.9 Å². The van der Waals surface area contributed by atoms with Crippen LogP contribution in [0.25, 0.3) is 0 Å². The predicted octanol–water partition coefficient (Wildman–Crippen LogP) is 3.67. The number of benzene rings is 1. The summed E-state index contributed by atoms with van der Waals surface area (Å²) in [7, 11) is 0. The summed E-state index contributed by atoms with van der Waals surface area (Å²) >= 11 is -0.232. The monoisotopic (exact) mass is 330 g/mol. The van der Waals surface area contributed by atoms with Crippen LogP contribution in [0.3, 0.4) is 0 Å². The van der Waals surface area contributed by atoms with E-state index in [0.29, 0.717) is 12.8 Å². The average molecular weight is 330 g/mol. The van der Waals surface area contributed by atoms with Crippen LogP contribution in [0, 0.1) is 0 Å². The lowest BCUT2D eigenvalue weighted by Crippen LogP contribution is -2.44. The molecule has 1 aliphatic heterocycles. The lowest BCUT2D eigenvalue weighted by atomic mass is 9.98. The molecule has 1 spiro atoms. The third-order valence-electron chi connectivity index (χ3n) is 3.95. The number of anilines is 1. The van der Waals surface area contributed by atoms with Crippen LogP contribution in [0.2, 0.25) is 0 Å². The van der Waals surface area contributed by atoms with Crippen molar-refractivity contribution >= 4 is 29.4 Å². The minimum absolute atomic E-state index is 0.0129. The lowest BCUT2D eigenvalue weighted by Gasteiger charge is -2.20. The van der Waals surface area contributed by atoms with Crippen molar-refractivity contribution in [2.45, 2.75) is 41.6 Å². The van der Waals surface area contributed by atoms with Crippen LogP contribution in [0.15, 0.2) is 29.2 Å². The van der Waals surface area contributed by atoms with Crippen molar-refractivity contribution in [2.75, 3.05) is 4.90 Å². The molecule has 0 atom stereocenters. The third kappa shape index (κ3) is 2.67. The van der Waals surface area contributed by atoms with Crippen LogP contribution >= 0.6 is 11.8 Å². The summed E-state index contributed by atoms with van der Waals surface area (Å²) in [6.07, 6.45) is 2.97. The second-order valence-corrected chi connectivity index (χ2v) is 6.54. The topological polar surface area (TPSA) is 49.4 Å². The summed E-state index contributed by atoms with van der Waals surface area (Å²) in [6, 6.07) is 4.73. The first-order chi connectivity index (χ1) is 10.3. The van der Waals surface area contributed by atoms with Gasteiger partial charge in [0, 0.05) is 4.90 Å². The largest absolute Gasteiger partial charge is 0.446 e. The molecule has 3 amide bonds. The number of halogens is 3. The van der Waals surface area contributed by atoms with Crippen LogP contribution in [0.1, 0.15) is 25.7 Å². The molecule has 1 aromatic rings. The van der Waals surface area contributed by atoms with E-state index in [4.69, 9.17) is 0 Å². The molecular weight excluding hydrogens is 317 g/mol. The molecule has 118 valence electrons. The van der Waals surface area contributed by atoms with Crippen LogP contribution in [-0.2, 0) is 4.79 Å². The number of carbonyl (C=O) groups is 2. The van der Waals surface area contributed by atoms with Crippen molar-refractivity contribution in [3.63, 3.8) is 0 Å². The van der Waals surface area contributed by atoms with Crippen molar-refractivity contribution in [3.8, 4) is 0 Å². The van der Waals surface area contributed by atoms with Crippen molar-refractivity contribution in [1.82, 2.24) is 5.32 Å². The number of urea groups is 1. The molecule has 2 aliphatic rings. The normalized spacial score (nSPS) is 20.8. The van der Waals surface area contributed by atoms with Gasteiger partial charge in [0.15, 0.2) is 0 Å². The molecule has 1 saturated carbocycles. The minimum atomic E-state index is -4.36. The Kier molecular flexibility index (Phi) is 3.58. The molecule has 1 aromatic carbocycles. The summed E-state index contributed by atoms with van der Waals surface area (Å²) in [5.41, 5.74) is -4.90. The van der Waals surface area contributed by atoms with Crippen molar-refractivity contribution < 1.29 is 22.8 Å². The molecule has 1 aliphatic carbocycles. The molecule has 1 heterocycles. The van der Waals surface area contributed by atoms with E-state index in [9.17, 15) is 22.8 Å². The summed E-state index contributed by atoms with van der Waals surface area (Å²) in [5.74, 6) is -0.314. The van der Waals surface area contributed by atoms with Gasteiger partial charge in [-0.2, -0.15) is 13.2 Å². The van der Waals surface area contributed by atoms with Crippen LogP contribution in [0.5, 0.6) is 0 Å². The molecular formula is C14H13F3N2O2S. The molecule has 4 nitrogen and oxygen atoms in total. The molecule has 0 aromatic heterocycles. The third-order valence-corrected chi connectivity index (χ3v) is 4.69. The van der Waals surface area contributed by atoms with E-state index in [1.165, 1.54) is 24.3 Å². The summed E-state index contributed by atoms with van der Waals surface area (Å²) in [6.45, 7) is 0. The molecule has 1 saturated heterocycles. The summed E-state index contributed by atoms with van der Waals surface area (Å²) < 4.78 is 36.9. The summed E-state index contributed by atoms with van der Waals surface area (Å²) in [4.78, 5) is 25.6. The second-order valence-electron chi connectivity index (χ2n) is 5.40. The number of nitrogens with one attached hydrogen (secondary N) is 1. The Labute approximate surface area is 129 Å². The maximum Gasteiger partial charge on any atom is 0.446 e. The van der Waals surface area contributed by atoms with Gasteiger partial charge in [-0.3, -0.25) is 4.79 Å². The Hall–Kier alpha value is -1.70. The number of hydrogen-bond acceptors (Lipinski definition) is 3. The van der Waals surface area contributed by atoms with Crippen LogP contribution in [0.4, 0.5) is 23.7 Å². The van der Waals surface area contributed by atoms with E-state index in [1.54, 1.807) is 0 Å². The molecule has 3 rings (SSSR count). The number of amides is 3. The van der Waals surface area contributed by atoms with E-state index < -0.39 is 17.1 Å². The SMILES string of the molecule is O=C1NC2(CCCC2)C(=O)N1c1ccc(SC(F)(F)F)cc1. The van der Waals surface area contributed by atoms with Crippen molar-refractivity contribution in [2.24, 2.45) is 0 Å². The van der Waals surface area contributed by atoms with E-state index in [-0.39, 0.29) is 28.3 Å². The van der Waals surface area contributed by atoms with E-state index in [1.807, 2.05) is 0 Å². The summed E-state index contributed by atoms with van der Waals surface area (Å²) in [5, 5.41) is 2.73. The van der Waals surface area contributed by atoms with E-state index in [0.717, 1.165) is 17.7 Å². The molecule has 1 N–H and O–H groups in total. The van der Waals surface area contributed by atoms with Gasteiger partial charge in [-0.1, -0.05) is 12.8 Å². The number of imide groups is 1. The molecule has 0 unspecified atom stereocenters. The number of alkyl halides is 3. The first kappa shape index (κ1) is 15.2. The zero-order valence-electron chi connectivity index (χ0n) is 11.4. The number of thioether (sulfide) groups is 1. The lowest BCUT2D eigenvalue weighted by molar-refractivity contribution is -0.121. The zero-order chi connectivity index (χ0) is 16.0. The van der Waals surface area contributed by atoms with Gasteiger partial charge in [-0.15, -0.1) is 0 Å². The Bertz CT molecular complexity index is 610. The van der Waals surface area contributed by atoms with Gasteiger partial charge >= 0.3 is 11.5 Å². The number of nitrogens with zero attached hydrogens (tertiary/aromatic N) is 1. The quantitative estimate of drug-likeness (QED) is 0.665. The van der Waals surface area contributed by atoms with Gasteiger partial charge < -0.3 is 5.32 Å². The molecule has 8 heteroatoms. The highest BCUT2D eigenvalue weighted by molar-refractivity contribution is 8.00. The molecule has 0 radical (unpaired) electrons. The van der Waals surface area contributed by atoms with Crippen LogP contribution < -0.4 is 10.2 Å². The maximum atomic E-state index is 12.5. The highest BCUT2D eigenvalue weighted by Gasteiger charge is 2.52. The first-order valence-corrected chi connectivity index (χ1v) is 7.65. The van der Waals surface area contributed by atoms with Crippen molar-refractivity contribution in [3.05, 3.63) is 24.3 Å². The number of rotatable bonds is 2. The van der Waals surface area contributed by atoms with E-state index in [2.05, 4.69) is 5.32 Å². The Morgan fingerprint density at radius 2 is 1.68 bits per heavy atom. The van der Waals surface area contributed by atoms with Gasteiger partial charge in [0.2, 0.25) is 0 Å². The molecule has 2 fully saturated rings. The smallest absolute Gasteiger partial charge is 0.323 e. The first-order valence-electron chi connectivity index (χ1n) is 6.83. The van der Waals surface area contributed by atoms with Gasteiger partial charge in [-0.25, -0.2) is 9.69 Å². The Balaban J connectivity index is 1.82. The number of carbonyl (C=O) groups excluding carboxylic acids is 2. The average Bonchev–Trinajstić information content (AvgIpc) is 2.97. The van der Waals surface area contributed by atoms with Crippen LogP contribution in [-0.4, -0.2) is 23.0 Å². The number of hydrogen-bond donors (Lipinski definition) is 1. The second kappa shape index (κ2) is 5.19. The fraction of sp³-hybridized carbons (Fsp3) is 0.429. The highest BCUT2D eigenvalue weighted by Crippen LogP contribution is 2.39. The predicted molar refractivity (Wildman–Crippen MR) is 75.6 cm³/mol. The minimum Gasteiger partial charge on any atom is -0.323 e.